The number of hydrogen-bond acceptors (Lipinski definition) is 4. The highest BCUT2D eigenvalue weighted by Crippen LogP contribution is 2.32. The van der Waals surface area contributed by atoms with E-state index < -0.39 is 0 Å². The zero-order valence-electron chi connectivity index (χ0n) is 12.0. The predicted octanol–water partition coefficient (Wildman–Crippen LogP) is 3.20. The van der Waals surface area contributed by atoms with Crippen molar-refractivity contribution in [1.82, 2.24) is 9.88 Å². The van der Waals surface area contributed by atoms with Gasteiger partial charge in [-0.3, -0.25) is 4.90 Å². The number of benzene rings is 1. The van der Waals surface area contributed by atoms with Crippen molar-refractivity contribution in [3.05, 3.63) is 41.4 Å². The monoisotopic (exact) mass is 306 g/mol. The minimum absolute atomic E-state index is 0.239. The van der Waals surface area contributed by atoms with Crippen molar-refractivity contribution in [3.63, 3.8) is 0 Å². The Hall–Kier alpha value is -1.36. The second-order valence-corrected chi connectivity index (χ2v) is 6.17. The van der Waals surface area contributed by atoms with Crippen LogP contribution in [0.3, 0.4) is 0 Å². The molecule has 21 heavy (non-hydrogen) atoms. The van der Waals surface area contributed by atoms with Gasteiger partial charge >= 0.3 is 0 Å². The molecule has 0 amide bonds. The molecular weight excluding hydrogens is 288 g/mol. The van der Waals surface area contributed by atoms with Crippen LogP contribution in [0.15, 0.2) is 34.9 Å². The second-order valence-electron chi connectivity index (χ2n) is 5.73. The van der Waals surface area contributed by atoms with Gasteiger partial charge in [0.1, 0.15) is 0 Å². The quantitative estimate of drug-likeness (QED) is 0.890. The summed E-state index contributed by atoms with van der Waals surface area (Å²) in [6, 6.07) is 7.51. The molecule has 1 atom stereocenters. The van der Waals surface area contributed by atoms with E-state index >= 15 is 0 Å². The van der Waals surface area contributed by atoms with E-state index in [4.69, 9.17) is 16.0 Å². The third-order valence-corrected chi connectivity index (χ3v) is 3.97. The topological polar surface area (TPSA) is 49.5 Å². The summed E-state index contributed by atoms with van der Waals surface area (Å²) in [4.78, 5) is 6.34. The van der Waals surface area contributed by atoms with E-state index in [2.05, 4.69) is 4.98 Å². The molecule has 0 aliphatic heterocycles. The molecule has 0 radical (unpaired) electrons. The lowest BCUT2D eigenvalue weighted by Gasteiger charge is -2.18. The van der Waals surface area contributed by atoms with E-state index in [-0.39, 0.29) is 6.10 Å². The Bertz CT molecular complexity index is 610. The van der Waals surface area contributed by atoms with E-state index in [9.17, 15) is 5.11 Å². The van der Waals surface area contributed by atoms with Gasteiger partial charge in [0.2, 0.25) is 5.89 Å². The van der Waals surface area contributed by atoms with Gasteiger partial charge in [-0.2, -0.15) is 0 Å². The molecule has 1 aliphatic carbocycles. The van der Waals surface area contributed by atoms with E-state index in [0.717, 1.165) is 18.4 Å². The van der Waals surface area contributed by atoms with E-state index in [1.807, 2.05) is 36.2 Å². The van der Waals surface area contributed by atoms with Crippen LogP contribution in [0.4, 0.5) is 0 Å². The lowest BCUT2D eigenvalue weighted by molar-refractivity contribution is 0.100. The summed E-state index contributed by atoms with van der Waals surface area (Å²) in [7, 11) is 1.97. The van der Waals surface area contributed by atoms with Crippen LogP contribution in [-0.4, -0.2) is 34.7 Å². The van der Waals surface area contributed by atoms with Crippen molar-refractivity contribution in [2.45, 2.75) is 25.5 Å². The van der Waals surface area contributed by atoms with Crippen LogP contribution in [0.25, 0.3) is 11.3 Å². The minimum Gasteiger partial charge on any atom is -0.439 e. The molecule has 1 heterocycles. The van der Waals surface area contributed by atoms with Gasteiger partial charge in [-0.1, -0.05) is 23.7 Å². The van der Waals surface area contributed by atoms with Crippen molar-refractivity contribution in [2.75, 3.05) is 13.6 Å². The zero-order chi connectivity index (χ0) is 14.8. The van der Waals surface area contributed by atoms with Crippen LogP contribution < -0.4 is 0 Å². The molecule has 1 saturated carbocycles. The Labute approximate surface area is 129 Å². The van der Waals surface area contributed by atoms with Gasteiger partial charge in [-0.15, -0.1) is 0 Å². The standard InChI is InChI=1S/C16H19ClN2O2/c1-19(9-14(20)11-5-6-11)10-16-18-8-15(21-16)12-3-2-4-13(17)7-12/h2-4,7-8,11,14,20H,5-6,9-10H2,1H3. The smallest absolute Gasteiger partial charge is 0.209 e. The Morgan fingerprint density at radius 1 is 1.48 bits per heavy atom. The Kier molecular flexibility index (Phi) is 4.29. The molecule has 1 aromatic carbocycles. The second kappa shape index (κ2) is 6.18. The number of halogens is 1. The first-order chi connectivity index (χ1) is 10.1. The fourth-order valence-electron chi connectivity index (χ4n) is 2.40. The summed E-state index contributed by atoms with van der Waals surface area (Å²) in [5.41, 5.74) is 0.918. The van der Waals surface area contributed by atoms with Crippen LogP contribution in [0.2, 0.25) is 5.02 Å². The number of aromatic nitrogens is 1. The molecule has 0 spiro atoms. The zero-order valence-corrected chi connectivity index (χ0v) is 12.8. The predicted molar refractivity (Wildman–Crippen MR) is 82.0 cm³/mol. The van der Waals surface area contributed by atoms with Gasteiger partial charge < -0.3 is 9.52 Å². The molecule has 1 N–H and O–H groups in total. The molecule has 1 aromatic heterocycles. The molecule has 1 fully saturated rings. The number of aliphatic hydroxyl groups is 1. The number of hydrogen-bond donors (Lipinski definition) is 1. The highest BCUT2D eigenvalue weighted by Gasteiger charge is 2.30. The molecule has 3 rings (SSSR count). The SMILES string of the molecule is CN(Cc1ncc(-c2cccc(Cl)c2)o1)CC(O)C1CC1. The largest absolute Gasteiger partial charge is 0.439 e. The maximum absolute atomic E-state index is 9.94. The van der Waals surface area contributed by atoms with E-state index in [0.29, 0.717) is 35.7 Å². The van der Waals surface area contributed by atoms with Crippen molar-refractivity contribution in [3.8, 4) is 11.3 Å². The summed E-state index contributed by atoms with van der Waals surface area (Å²) in [6.07, 6.45) is 3.77. The van der Waals surface area contributed by atoms with Gasteiger partial charge in [0.25, 0.3) is 0 Å². The van der Waals surface area contributed by atoms with Crippen molar-refractivity contribution < 1.29 is 9.52 Å². The molecule has 1 unspecified atom stereocenters. The van der Waals surface area contributed by atoms with Gasteiger partial charge in [0, 0.05) is 17.1 Å². The summed E-state index contributed by atoms with van der Waals surface area (Å²) in [5.74, 6) is 1.85. The fourth-order valence-corrected chi connectivity index (χ4v) is 2.59. The summed E-state index contributed by atoms with van der Waals surface area (Å²) in [6.45, 7) is 1.24. The van der Waals surface area contributed by atoms with Crippen LogP contribution in [0.1, 0.15) is 18.7 Å². The number of rotatable bonds is 6. The van der Waals surface area contributed by atoms with E-state index in [1.54, 1.807) is 6.20 Å². The first-order valence-corrected chi connectivity index (χ1v) is 7.57. The van der Waals surface area contributed by atoms with E-state index in [1.165, 1.54) is 0 Å². The minimum atomic E-state index is -0.239. The van der Waals surface area contributed by atoms with Crippen molar-refractivity contribution >= 4 is 11.6 Å². The number of likely N-dealkylation sites (N-methyl/N-ethyl adjacent to an activating group) is 1. The summed E-state index contributed by atoms with van der Waals surface area (Å²) < 4.78 is 5.76. The van der Waals surface area contributed by atoms with Gasteiger partial charge in [-0.25, -0.2) is 4.98 Å². The summed E-state index contributed by atoms with van der Waals surface area (Å²) >= 11 is 5.98. The van der Waals surface area contributed by atoms with Crippen LogP contribution in [0.5, 0.6) is 0 Å². The lowest BCUT2D eigenvalue weighted by atomic mass is 10.2. The lowest BCUT2D eigenvalue weighted by Crippen LogP contribution is -2.30. The molecule has 1 aliphatic rings. The average Bonchev–Trinajstić information content (AvgIpc) is 3.19. The third-order valence-electron chi connectivity index (χ3n) is 3.73. The molecule has 5 heteroatoms. The highest BCUT2D eigenvalue weighted by molar-refractivity contribution is 6.30. The number of nitrogens with zero attached hydrogens (tertiary/aromatic N) is 2. The van der Waals surface area contributed by atoms with Crippen LogP contribution in [-0.2, 0) is 6.54 Å². The Morgan fingerprint density at radius 3 is 3.00 bits per heavy atom. The molecule has 4 nitrogen and oxygen atoms in total. The Balaban J connectivity index is 1.62. The maximum atomic E-state index is 9.94. The summed E-state index contributed by atoms with van der Waals surface area (Å²) in [5, 5.41) is 10.6. The van der Waals surface area contributed by atoms with Gasteiger partial charge in [0.15, 0.2) is 5.76 Å². The molecule has 2 aromatic rings. The Morgan fingerprint density at radius 2 is 2.29 bits per heavy atom. The number of oxazole rings is 1. The molecule has 0 bridgehead atoms. The van der Waals surface area contributed by atoms with Crippen molar-refractivity contribution in [2.24, 2.45) is 5.92 Å². The van der Waals surface area contributed by atoms with Crippen LogP contribution >= 0.6 is 11.6 Å². The first-order valence-electron chi connectivity index (χ1n) is 7.19. The normalized spacial score (nSPS) is 16.4. The first kappa shape index (κ1) is 14.6. The highest BCUT2D eigenvalue weighted by atomic mass is 35.5. The van der Waals surface area contributed by atoms with Crippen molar-refractivity contribution in [1.29, 1.82) is 0 Å². The fraction of sp³-hybridized carbons (Fsp3) is 0.438. The van der Waals surface area contributed by atoms with Gasteiger partial charge in [-0.05, 0) is 37.9 Å². The number of aliphatic hydroxyl groups excluding tert-OH is 1. The maximum Gasteiger partial charge on any atom is 0.209 e. The third kappa shape index (κ3) is 3.84. The molecule has 0 saturated heterocycles. The van der Waals surface area contributed by atoms with Gasteiger partial charge in [0.05, 0.1) is 18.8 Å². The van der Waals surface area contributed by atoms with Crippen LogP contribution in [0, 0.1) is 5.92 Å². The molecule has 112 valence electrons. The average molecular weight is 307 g/mol. The molecular formula is C16H19ClN2O2.